The minimum atomic E-state index is 0.391. The Balaban J connectivity index is 5.48. The fourth-order valence-corrected chi connectivity index (χ4v) is 5.28. The van der Waals surface area contributed by atoms with E-state index in [4.69, 9.17) is 0 Å². The first kappa shape index (κ1) is 26.0. The summed E-state index contributed by atoms with van der Waals surface area (Å²) in [6.07, 6.45) is 16.5. The van der Waals surface area contributed by atoms with Gasteiger partial charge in [-0.1, -0.05) is 120 Å². The molecule has 0 aliphatic rings. The Bertz CT molecular complexity index is 321. The van der Waals surface area contributed by atoms with Crippen LogP contribution in [-0.2, 0) is 0 Å². The number of rotatable bonds is 15. The maximum absolute atomic E-state index is 2.65. The Labute approximate surface area is 168 Å². The van der Waals surface area contributed by atoms with Crippen LogP contribution in [0.2, 0.25) is 0 Å². The maximum Gasteiger partial charge on any atom is -0.0179 e. The molecule has 0 fully saturated rings. The van der Waals surface area contributed by atoms with Gasteiger partial charge < -0.3 is 0 Å². The average Bonchev–Trinajstić information content (AvgIpc) is 2.53. The minimum absolute atomic E-state index is 0.391. The molecule has 0 amide bonds. The molecule has 0 aromatic carbocycles. The minimum Gasteiger partial charge on any atom is -0.0654 e. The molecule has 0 spiro atoms. The van der Waals surface area contributed by atoms with E-state index in [2.05, 4.69) is 62.3 Å². The molecular formula is C26H53. The van der Waals surface area contributed by atoms with Gasteiger partial charge in [-0.3, -0.25) is 0 Å². The molecule has 0 saturated carbocycles. The third-order valence-corrected chi connectivity index (χ3v) is 6.69. The molecule has 2 unspecified atom stereocenters. The van der Waals surface area contributed by atoms with E-state index >= 15 is 0 Å². The zero-order valence-electron chi connectivity index (χ0n) is 20.1. The molecule has 0 N–H and O–H groups in total. The molecule has 0 rings (SSSR count). The van der Waals surface area contributed by atoms with Crippen LogP contribution in [0.4, 0.5) is 0 Å². The lowest BCUT2D eigenvalue weighted by Gasteiger charge is -2.50. The zero-order chi connectivity index (χ0) is 20.2. The number of unbranched alkanes of at least 4 members (excludes halogenated alkanes) is 5. The van der Waals surface area contributed by atoms with Crippen molar-refractivity contribution in [2.24, 2.45) is 22.7 Å². The Morgan fingerprint density at radius 1 is 0.731 bits per heavy atom. The van der Waals surface area contributed by atoms with Gasteiger partial charge in [0.05, 0.1) is 0 Å². The molecular weight excluding hydrogens is 312 g/mol. The van der Waals surface area contributed by atoms with Crippen LogP contribution in [0, 0.1) is 28.6 Å². The molecule has 1 radical (unpaired) electrons. The SMILES string of the molecule is CCCCCC[C](CCC(C)C)C(C)(CCCCC)C(CC)C(C)(C)C. The summed E-state index contributed by atoms with van der Waals surface area (Å²) in [5, 5.41) is 0. The molecule has 0 heteroatoms. The van der Waals surface area contributed by atoms with Crippen LogP contribution in [0.5, 0.6) is 0 Å². The lowest BCUT2D eigenvalue weighted by Crippen LogP contribution is -2.41. The van der Waals surface area contributed by atoms with Gasteiger partial charge in [0.25, 0.3) is 0 Å². The lowest BCUT2D eigenvalue weighted by molar-refractivity contribution is 0.0577. The molecule has 0 heterocycles. The fourth-order valence-electron chi connectivity index (χ4n) is 5.28. The van der Waals surface area contributed by atoms with E-state index in [0.29, 0.717) is 10.8 Å². The van der Waals surface area contributed by atoms with E-state index in [-0.39, 0.29) is 0 Å². The smallest absolute Gasteiger partial charge is 0.0179 e. The van der Waals surface area contributed by atoms with Gasteiger partial charge in [0, 0.05) is 0 Å². The highest BCUT2D eigenvalue weighted by molar-refractivity contribution is 5.09. The first-order chi connectivity index (χ1) is 12.1. The maximum atomic E-state index is 2.65. The molecule has 2 atom stereocenters. The van der Waals surface area contributed by atoms with Crippen molar-refractivity contribution in [1.29, 1.82) is 0 Å². The molecule has 0 aliphatic carbocycles. The van der Waals surface area contributed by atoms with Gasteiger partial charge in [-0.2, -0.15) is 0 Å². The van der Waals surface area contributed by atoms with Gasteiger partial charge >= 0.3 is 0 Å². The van der Waals surface area contributed by atoms with Crippen molar-refractivity contribution in [2.45, 2.75) is 139 Å². The van der Waals surface area contributed by atoms with E-state index in [1.807, 2.05) is 5.92 Å². The normalized spacial score (nSPS) is 16.3. The molecule has 0 aromatic heterocycles. The van der Waals surface area contributed by atoms with Gasteiger partial charge in [0.15, 0.2) is 0 Å². The molecule has 0 saturated heterocycles. The number of hydrogen-bond acceptors (Lipinski definition) is 0. The second kappa shape index (κ2) is 13.2. The standard InChI is InChI=1S/C26H53/c1-10-13-15-16-18-23(20-19-22(4)5)26(9,21-17-14-11-2)24(12-3)25(6,7)8/h22,24H,10-21H2,1-9H3. The highest BCUT2D eigenvalue weighted by Gasteiger charge is 2.44. The summed E-state index contributed by atoms with van der Waals surface area (Å²) < 4.78 is 0. The van der Waals surface area contributed by atoms with Crippen LogP contribution >= 0.6 is 0 Å². The Hall–Kier alpha value is 0. The molecule has 0 nitrogen and oxygen atoms in total. The summed E-state index contributed by atoms with van der Waals surface area (Å²) in [5.41, 5.74) is 0.811. The van der Waals surface area contributed by atoms with Crippen molar-refractivity contribution in [3.05, 3.63) is 5.92 Å². The molecule has 0 bridgehead atoms. The summed E-state index contributed by atoms with van der Waals surface area (Å²) in [5.74, 6) is 3.52. The van der Waals surface area contributed by atoms with Crippen LogP contribution in [0.15, 0.2) is 0 Å². The monoisotopic (exact) mass is 365 g/mol. The van der Waals surface area contributed by atoms with Crippen molar-refractivity contribution >= 4 is 0 Å². The van der Waals surface area contributed by atoms with Crippen molar-refractivity contribution < 1.29 is 0 Å². The fraction of sp³-hybridized carbons (Fsp3) is 0.962. The third-order valence-electron chi connectivity index (χ3n) is 6.69. The Morgan fingerprint density at radius 3 is 1.77 bits per heavy atom. The van der Waals surface area contributed by atoms with Crippen LogP contribution in [0.25, 0.3) is 0 Å². The van der Waals surface area contributed by atoms with E-state index in [1.165, 1.54) is 77.0 Å². The van der Waals surface area contributed by atoms with Crippen molar-refractivity contribution in [3.8, 4) is 0 Å². The predicted octanol–water partition coefficient (Wildman–Crippen LogP) is 9.63. The number of hydrogen-bond donors (Lipinski definition) is 0. The summed E-state index contributed by atoms with van der Waals surface area (Å²) in [6.45, 7) is 22.0. The van der Waals surface area contributed by atoms with Crippen molar-refractivity contribution in [2.75, 3.05) is 0 Å². The highest BCUT2D eigenvalue weighted by Crippen LogP contribution is 2.54. The van der Waals surface area contributed by atoms with E-state index < -0.39 is 0 Å². The lowest BCUT2D eigenvalue weighted by atomic mass is 9.55. The topological polar surface area (TPSA) is 0 Å². The first-order valence-corrected chi connectivity index (χ1v) is 12.0. The van der Waals surface area contributed by atoms with E-state index in [9.17, 15) is 0 Å². The van der Waals surface area contributed by atoms with Gasteiger partial charge in [0.1, 0.15) is 0 Å². The molecule has 0 aliphatic heterocycles. The average molecular weight is 366 g/mol. The van der Waals surface area contributed by atoms with Crippen LogP contribution in [0.1, 0.15) is 139 Å². The van der Waals surface area contributed by atoms with E-state index in [1.54, 1.807) is 0 Å². The molecule has 0 aromatic rings. The summed E-state index contributed by atoms with van der Waals surface area (Å²) >= 11 is 0. The van der Waals surface area contributed by atoms with Crippen LogP contribution < -0.4 is 0 Å². The summed E-state index contributed by atoms with van der Waals surface area (Å²) in [6, 6.07) is 0. The highest BCUT2D eigenvalue weighted by atomic mass is 14.5. The third kappa shape index (κ3) is 9.27. The zero-order valence-corrected chi connectivity index (χ0v) is 20.1. The Kier molecular flexibility index (Phi) is 13.2. The molecule has 26 heavy (non-hydrogen) atoms. The summed E-state index contributed by atoms with van der Waals surface area (Å²) in [4.78, 5) is 0. The van der Waals surface area contributed by atoms with Crippen molar-refractivity contribution in [3.63, 3.8) is 0 Å². The van der Waals surface area contributed by atoms with Gasteiger partial charge in [0.2, 0.25) is 0 Å². The quantitative estimate of drug-likeness (QED) is 0.253. The Morgan fingerprint density at radius 2 is 1.31 bits per heavy atom. The van der Waals surface area contributed by atoms with Crippen molar-refractivity contribution in [1.82, 2.24) is 0 Å². The first-order valence-electron chi connectivity index (χ1n) is 12.0. The van der Waals surface area contributed by atoms with Gasteiger partial charge in [-0.05, 0) is 47.8 Å². The molecule has 157 valence electrons. The summed E-state index contributed by atoms with van der Waals surface area (Å²) in [7, 11) is 0. The largest absolute Gasteiger partial charge is 0.0654 e. The van der Waals surface area contributed by atoms with E-state index in [0.717, 1.165) is 11.8 Å². The van der Waals surface area contributed by atoms with Crippen LogP contribution in [-0.4, -0.2) is 0 Å². The predicted molar refractivity (Wildman–Crippen MR) is 122 cm³/mol. The van der Waals surface area contributed by atoms with Crippen LogP contribution in [0.3, 0.4) is 0 Å². The second-order valence-corrected chi connectivity index (χ2v) is 10.5. The second-order valence-electron chi connectivity index (χ2n) is 10.5. The van der Waals surface area contributed by atoms with Gasteiger partial charge in [-0.25, -0.2) is 0 Å². The van der Waals surface area contributed by atoms with Gasteiger partial charge in [-0.15, -0.1) is 0 Å².